The number of aromatic amines is 1. The summed E-state index contributed by atoms with van der Waals surface area (Å²) in [5, 5.41) is 3.33. The molecule has 0 radical (unpaired) electrons. The van der Waals surface area contributed by atoms with Crippen molar-refractivity contribution in [3.63, 3.8) is 0 Å². The summed E-state index contributed by atoms with van der Waals surface area (Å²) in [6, 6.07) is 12.4. The number of ether oxygens (including phenoxy) is 1. The van der Waals surface area contributed by atoms with Crippen LogP contribution in [0, 0.1) is 0 Å². The first-order chi connectivity index (χ1) is 12.7. The number of aromatic nitrogens is 3. The zero-order valence-corrected chi connectivity index (χ0v) is 15.0. The van der Waals surface area contributed by atoms with Gasteiger partial charge >= 0.3 is 5.97 Å². The lowest BCUT2D eigenvalue weighted by molar-refractivity contribution is -0.144. The van der Waals surface area contributed by atoms with Crippen LogP contribution < -0.4 is 5.32 Å². The van der Waals surface area contributed by atoms with Crippen LogP contribution in [0.15, 0.2) is 53.8 Å². The molecule has 1 atom stereocenters. The molecule has 2 N–H and O–H groups in total. The third-order valence-electron chi connectivity index (χ3n) is 3.68. The summed E-state index contributed by atoms with van der Waals surface area (Å²) >= 11 is 1.25. The van der Waals surface area contributed by atoms with Gasteiger partial charge in [-0.15, -0.1) is 0 Å². The number of imidazole rings is 1. The summed E-state index contributed by atoms with van der Waals surface area (Å²) in [7, 11) is 1.31. The number of carbonyl (C=O) groups excluding carboxylic acids is 2. The minimum atomic E-state index is -0.729. The number of nitrogens with zero attached hydrogens (tertiary/aromatic N) is 2. The Hall–Kier alpha value is -2.87. The maximum absolute atomic E-state index is 12.3. The number of carbonyl (C=O) groups is 2. The number of nitrogens with one attached hydrogen (secondary N) is 2. The zero-order valence-electron chi connectivity index (χ0n) is 14.1. The lowest BCUT2D eigenvalue weighted by atomic mass is 10.1. The fourth-order valence-electron chi connectivity index (χ4n) is 2.45. The highest BCUT2D eigenvalue weighted by molar-refractivity contribution is 7.99. The van der Waals surface area contributed by atoms with Gasteiger partial charge in [-0.2, -0.15) is 0 Å². The van der Waals surface area contributed by atoms with Crippen LogP contribution in [0.1, 0.15) is 5.56 Å². The summed E-state index contributed by atoms with van der Waals surface area (Å²) < 4.78 is 4.80. The van der Waals surface area contributed by atoms with E-state index >= 15 is 0 Å². The SMILES string of the molecule is COC(=O)[C@H](Cc1ccccc1)NC(=O)CSc1nc2ncccc2[nH]1. The number of methoxy groups -OCH3 is 1. The van der Waals surface area contributed by atoms with Gasteiger partial charge in [-0.3, -0.25) is 4.79 Å². The van der Waals surface area contributed by atoms with Crippen molar-refractivity contribution in [2.75, 3.05) is 12.9 Å². The van der Waals surface area contributed by atoms with Crippen LogP contribution in [0.25, 0.3) is 11.2 Å². The van der Waals surface area contributed by atoms with E-state index in [1.807, 2.05) is 42.5 Å². The Morgan fingerprint density at radius 2 is 2.04 bits per heavy atom. The number of H-pyrrole nitrogens is 1. The number of benzene rings is 1. The van der Waals surface area contributed by atoms with Crippen LogP contribution in [0.2, 0.25) is 0 Å². The highest BCUT2D eigenvalue weighted by Crippen LogP contribution is 2.17. The van der Waals surface area contributed by atoms with E-state index in [4.69, 9.17) is 4.74 Å². The number of hydrogen-bond donors (Lipinski definition) is 2. The highest BCUT2D eigenvalue weighted by Gasteiger charge is 2.22. The van der Waals surface area contributed by atoms with Crippen molar-refractivity contribution in [2.45, 2.75) is 17.6 Å². The molecular weight excluding hydrogens is 352 g/mol. The van der Waals surface area contributed by atoms with Gasteiger partial charge < -0.3 is 15.0 Å². The number of amides is 1. The first-order valence-corrected chi connectivity index (χ1v) is 8.99. The zero-order chi connectivity index (χ0) is 18.4. The third-order valence-corrected chi connectivity index (χ3v) is 4.55. The van der Waals surface area contributed by atoms with Crippen molar-refractivity contribution in [3.8, 4) is 0 Å². The van der Waals surface area contributed by atoms with Crippen LogP contribution in [-0.4, -0.2) is 45.7 Å². The molecule has 0 aliphatic rings. The third kappa shape index (κ3) is 4.60. The van der Waals surface area contributed by atoms with Crippen molar-refractivity contribution in [3.05, 3.63) is 54.2 Å². The first kappa shape index (κ1) is 17.9. The van der Waals surface area contributed by atoms with E-state index in [9.17, 15) is 9.59 Å². The molecule has 3 aromatic rings. The molecule has 0 saturated heterocycles. The molecule has 3 rings (SSSR count). The summed E-state index contributed by atoms with van der Waals surface area (Å²) in [4.78, 5) is 35.8. The van der Waals surface area contributed by atoms with E-state index < -0.39 is 12.0 Å². The number of hydrogen-bond acceptors (Lipinski definition) is 6. The molecule has 0 saturated carbocycles. The van der Waals surface area contributed by atoms with Crippen molar-refractivity contribution in [1.82, 2.24) is 20.3 Å². The van der Waals surface area contributed by atoms with Crippen molar-refractivity contribution in [1.29, 1.82) is 0 Å². The van der Waals surface area contributed by atoms with E-state index in [2.05, 4.69) is 20.3 Å². The maximum Gasteiger partial charge on any atom is 0.328 e. The Bertz CT molecular complexity index is 865. The van der Waals surface area contributed by atoms with Crippen LogP contribution in [0.4, 0.5) is 0 Å². The van der Waals surface area contributed by atoms with Crippen LogP contribution in [0.3, 0.4) is 0 Å². The molecule has 134 valence electrons. The number of esters is 1. The molecule has 0 fully saturated rings. The van der Waals surface area contributed by atoms with Gasteiger partial charge in [0.1, 0.15) is 6.04 Å². The lowest BCUT2D eigenvalue weighted by Gasteiger charge is -2.16. The van der Waals surface area contributed by atoms with Gasteiger partial charge in [0.2, 0.25) is 5.91 Å². The highest BCUT2D eigenvalue weighted by atomic mass is 32.2. The molecular formula is C18H18N4O3S. The number of rotatable bonds is 7. The molecule has 7 nitrogen and oxygen atoms in total. The maximum atomic E-state index is 12.3. The standard InChI is InChI=1S/C18H18N4O3S/c1-25-17(24)14(10-12-6-3-2-4-7-12)20-15(23)11-26-18-21-13-8-5-9-19-16(13)22-18/h2-9,14H,10-11H2,1H3,(H,20,23)(H,19,21,22)/t14-/m0/s1. The summed E-state index contributed by atoms with van der Waals surface area (Å²) in [5.74, 6) is -0.614. The Labute approximate surface area is 154 Å². The normalized spacial score (nSPS) is 11.9. The van der Waals surface area contributed by atoms with Crippen molar-refractivity contribution >= 4 is 34.8 Å². The minimum Gasteiger partial charge on any atom is -0.467 e. The van der Waals surface area contributed by atoms with Crippen LogP contribution in [0.5, 0.6) is 0 Å². The monoisotopic (exact) mass is 370 g/mol. The fraction of sp³-hybridized carbons (Fsp3) is 0.222. The molecule has 0 aliphatic heterocycles. The second kappa shape index (κ2) is 8.48. The predicted molar refractivity (Wildman–Crippen MR) is 98.7 cm³/mol. The van der Waals surface area contributed by atoms with E-state index in [1.54, 1.807) is 6.20 Å². The molecule has 1 amide bonds. The lowest BCUT2D eigenvalue weighted by Crippen LogP contribution is -2.43. The average molecular weight is 370 g/mol. The van der Waals surface area contributed by atoms with E-state index in [0.717, 1.165) is 11.1 Å². The van der Waals surface area contributed by atoms with Gasteiger partial charge in [-0.25, -0.2) is 14.8 Å². The predicted octanol–water partition coefficient (Wildman–Crippen LogP) is 1.95. The summed E-state index contributed by atoms with van der Waals surface area (Å²) in [6.07, 6.45) is 2.04. The van der Waals surface area contributed by atoms with Crippen molar-refractivity contribution < 1.29 is 14.3 Å². The molecule has 2 aromatic heterocycles. The Kier molecular flexibility index (Phi) is 5.85. The Balaban J connectivity index is 1.59. The summed E-state index contributed by atoms with van der Waals surface area (Å²) in [6.45, 7) is 0. The first-order valence-electron chi connectivity index (χ1n) is 8.00. The smallest absolute Gasteiger partial charge is 0.328 e. The van der Waals surface area contributed by atoms with Gasteiger partial charge in [0, 0.05) is 12.6 Å². The Morgan fingerprint density at radius 3 is 2.77 bits per heavy atom. The van der Waals surface area contributed by atoms with Gasteiger partial charge in [0.25, 0.3) is 0 Å². The minimum absolute atomic E-state index is 0.127. The van der Waals surface area contributed by atoms with Gasteiger partial charge in [-0.05, 0) is 17.7 Å². The topological polar surface area (TPSA) is 97.0 Å². The molecule has 26 heavy (non-hydrogen) atoms. The van der Waals surface area contributed by atoms with E-state index in [-0.39, 0.29) is 11.7 Å². The molecule has 1 aromatic carbocycles. The molecule has 2 heterocycles. The fourth-order valence-corrected chi connectivity index (χ4v) is 3.13. The summed E-state index contributed by atoms with van der Waals surface area (Å²) in [5.41, 5.74) is 2.36. The number of thioether (sulfide) groups is 1. The molecule has 0 spiro atoms. The van der Waals surface area contributed by atoms with Gasteiger partial charge in [-0.1, -0.05) is 42.1 Å². The quantitative estimate of drug-likeness (QED) is 0.487. The molecule has 0 unspecified atom stereocenters. The van der Waals surface area contributed by atoms with E-state index in [1.165, 1.54) is 18.9 Å². The molecule has 8 heteroatoms. The largest absolute Gasteiger partial charge is 0.467 e. The van der Waals surface area contributed by atoms with Crippen molar-refractivity contribution in [2.24, 2.45) is 0 Å². The second-order valence-corrected chi connectivity index (χ2v) is 6.50. The van der Waals surface area contributed by atoms with E-state index in [0.29, 0.717) is 17.2 Å². The second-order valence-electron chi connectivity index (χ2n) is 5.54. The van der Waals surface area contributed by atoms with Crippen LogP contribution in [-0.2, 0) is 20.7 Å². The average Bonchev–Trinajstić information content (AvgIpc) is 3.09. The van der Waals surface area contributed by atoms with Gasteiger partial charge in [0.05, 0.1) is 18.4 Å². The number of fused-ring (bicyclic) bond motifs is 1. The van der Waals surface area contributed by atoms with Crippen LogP contribution >= 0.6 is 11.8 Å². The Morgan fingerprint density at radius 1 is 1.23 bits per heavy atom. The molecule has 0 bridgehead atoms. The van der Waals surface area contributed by atoms with Gasteiger partial charge in [0.15, 0.2) is 10.8 Å². The number of pyridine rings is 1. The molecule has 0 aliphatic carbocycles.